The van der Waals surface area contributed by atoms with E-state index in [1.807, 2.05) is 30.3 Å². The average Bonchev–Trinajstić information content (AvgIpc) is 3.52. The molecule has 3 rings (SSSR count). The van der Waals surface area contributed by atoms with Crippen molar-refractivity contribution in [1.29, 1.82) is 0 Å². The first-order valence-corrected chi connectivity index (χ1v) is 11.9. The lowest BCUT2D eigenvalue weighted by Crippen LogP contribution is -2.25. The lowest BCUT2D eigenvalue weighted by Gasteiger charge is -2.22. The Bertz CT molecular complexity index is 690. The minimum absolute atomic E-state index is 0.0205. The molecule has 1 aromatic carbocycles. The molecule has 4 atom stereocenters. The van der Waals surface area contributed by atoms with Crippen LogP contribution in [0.15, 0.2) is 30.3 Å². The molecule has 0 aliphatic heterocycles. The maximum atomic E-state index is 12.4. The highest BCUT2D eigenvalue weighted by molar-refractivity contribution is 5.84. The van der Waals surface area contributed by atoms with E-state index in [1.54, 1.807) is 0 Å². The van der Waals surface area contributed by atoms with Crippen molar-refractivity contribution < 1.29 is 24.5 Å². The number of ether oxygens (including phenoxy) is 1. The number of carbonyl (C=O) groups excluding carboxylic acids is 2. The Balaban J connectivity index is 1.31. The largest absolute Gasteiger partial charge is 0.491 e. The molecule has 1 aromatic rings. The second-order valence-corrected chi connectivity index (χ2v) is 9.16. The molecule has 0 unspecified atom stereocenters. The Morgan fingerprint density at radius 3 is 2.58 bits per heavy atom. The fourth-order valence-electron chi connectivity index (χ4n) is 4.50. The zero-order valence-electron chi connectivity index (χ0n) is 18.4. The number of benzene rings is 1. The van der Waals surface area contributed by atoms with E-state index in [-0.39, 0.29) is 36.6 Å². The van der Waals surface area contributed by atoms with Crippen LogP contribution in [-0.2, 0) is 9.59 Å². The Kier molecular flexibility index (Phi) is 9.34. The normalized spacial score (nSPS) is 24.2. The van der Waals surface area contributed by atoms with E-state index >= 15 is 0 Å². The minimum Gasteiger partial charge on any atom is -0.491 e. The first-order valence-electron chi connectivity index (χ1n) is 11.9. The number of hydrogen-bond donors (Lipinski definition) is 3. The Morgan fingerprint density at radius 2 is 1.84 bits per heavy atom. The van der Waals surface area contributed by atoms with E-state index in [0.717, 1.165) is 50.7 Å². The molecule has 172 valence electrons. The molecule has 0 bridgehead atoms. The van der Waals surface area contributed by atoms with Gasteiger partial charge in [-0.05, 0) is 56.6 Å². The first kappa shape index (κ1) is 23.7. The zero-order chi connectivity index (χ0) is 22.1. The Morgan fingerprint density at radius 1 is 1.10 bits per heavy atom. The number of hydrogen-bond acceptors (Lipinski definition) is 5. The van der Waals surface area contributed by atoms with Crippen LogP contribution in [-0.4, -0.2) is 46.8 Å². The highest BCUT2D eigenvalue weighted by Crippen LogP contribution is 2.36. The minimum atomic E-state index is -0.631. The number of unbranched alkanes of at least 4 members (excludes halogenated alkanes) is 3. The fourth-order valence-corrected chi connectivity index (χ4v) is 4.50. The van der Waals surface area contributed by atoms with Crippen molar-refractivity contribution in [2.24, 2.45) is 11.8 Å². The SMILES string of the molecule is O=C(CCCCCC[C@H]1[C@@H](O)CC(=O)[C@@H]1CC[C@@H](O)COc1ccccc1)NC1CC1. The summed E-state index contributed by atoms with van der Waals surface area (Å²) in [5.74, 6) is 0.801. The van der Waals surface area contributed by atoms with Crippen LogP contribution in [0.5, 0.6) is 5.75 Å². The third kappa shape index (κ3) is 8.26. The highest BCUT2D eigenvalue weighted by Gasteiger charge is 2.40. The third-order valence-electron chi connectivity index (χ3n) is 6.47. The van der Waals surface area contributed by atoms with E-state index < -0.39 is 12.2 Å². The molecule has 2 saturated carbocycles. The van der Waals surface area contributed by atoms with Crippen LogP contribution in [0, 0.1) is 11.8 Å². The summed E-state index contributed by atoms with van der Waals surface area (Å²) in [6.07, 6.45) is 7.60. The van der Waals surface area contributed by atoms with Crippen LogP contribution in [0.4, 0.5) is 0 Å². The summed E-state index contributed by atoms with van der Waals surface area (Å²) in [5.41, 5.74) is 0. The van der Waals surface area contributed by atoms with Gasteiger partial charge in [0.25, 0.3) is 0 Å². The maximum absolute atomic E-state index is 12.4. The van der Waals surface area contributed by atoms with Crippen LogP contribution in [0.25, 0.3) is 0 Å². The number of Topliss-reactive ketones (excluding diaryl/α,β-unsaturated/α-hetero) is 1. The Hall–Kier alpha value is -1.92. The molecule has 2 aliphatic rings. The number of aliphatic hydroxyl groups excluding tert-OH is 2. The van der Waals surface area contributed by atoms with Gasteiger partial charge in [0, 0.05) is 24.8 Å². The van der Waals surface area contributed by atoms with Gasteiger partial charge in [-0.2, -0.15) is 0 Å². The Labute approximate surface area is 185 Å². The predicted molar refractivity (Wildman–Crippen MR) is 119 cm³/mol. The van der Waals surface area contributed by atoms with E-state index in [0.29, 0.717) is 25.3 Å². The van der Waals surface area contributed by atoms with Gasteiger partial charge in [0.1, 0.15) is 18.1 Å². The van der Waals surface area contributed by atoms with Gasteiger partial charge >= 0.3 is 0 Å². The molecular formula is C25H37NO5. The van der Waals surface area contributed by atoms with Crippen LogP contribution in [0.3, 0.4) is 0 Å². The van der Waals surface area contributed by atoms with E-state index in [2.05, 4.69) is 5.32 Å². The molecule has 2 aliphatic carbocycles. The molecule has 0 heterocycles. The summed E-state index contributed by atoms with van der Waals surface area (Å²) in [6.45, 7) is 0.201. The lowest BCUT2D eigenvalue weighted by molar-refractivity contribution is -0.122. The monoisotopic (exact) mass is 431 g/mol. The second kappa shape index (κ2) is 12.2. The zero-order valence-corrected chi connectivity index (χ0v) is 18.4. The smallest absolute Gasteiger partial charge is 0.220 e. The number of carbonyl (C=O) groups is 2. The molecule has 31 heavy (non-hydrogen) atoms. The van der Waals surface area contributed by atoms with Gasteiger partial charge in [-0.25, -0.2) is 0 Å². The molecule has 0 aromatic heterocycles. The number of para-hydroxylation sites is 1. The van der Waals surface area contributed by atoms with Gasteiger partial charge in [-0.1, -0.05) is 37.5 Å². The van der Waals surface area contributed by atoms with Gasteiger partial charge in [0.15, 0.2) is 0 Å². The van der Waals surface area contributed by atoms with Crippen molar-refractivity contribution in [1.82, 2.24) is 5.32 Å². The summed E-state index contributed by atoms with van der Waals surface area (Å²) < 4.78 is 5.59. The first-order chi connectivity index (χ1) is 15.0. The summed E-state index contributed by atoms with van der Waals surface area (Å²) in [4.78, 5) is 24.1. The molecule has 0 spiro atoms. The summed E-state index contributed by atoms with van der Waals surface area (Å²) in [6, 6.07) is 9.79. The van der Waals surface area contributed by atoms with Crippen LogP contribution in [0.1, 0.15) is 70.6 Å². The number of nitrogens with one attached hydrogen (secondary N) is 1. The number of rotatable bonds is 14. The van der Waals surface area contributed by atoms with Crippen molar-refractivity contribution in [3.8, 4) is 5.75 Å². The summed E-state index contributed by atoms with van der Waals surface area (Å²) in [7, 11) is 0. The number of amides is 1. The van der Waals surface area contributed by atoms with Crippen LogP contribution in [0.2, 0.25) is 0 Å². The average molecular weight is 432 g/mol. The van der Waals surface area contributed by atoms with Gasteiger partial charge < -0.3 is 20.3 Å². The van der Waals surface area contributed by atoms with E-state index in [1.165, 1.54) is 0 Å². The van der Waals surface area contributed by atoms with Gasteiger partial charge in [0.05, 0.1) is 12.2 Å². The van der Waals surface area contributed by atoms with E-state index in [4.69, 9.17) is 4.74 Å². The standard InChI is InChI=1S/C25H37NO5/c27-19(17-31-20-8-4-3-5-9-20)14-15-22-21(23(28)16-24(22)29)10-6-1-2-7-11-25(30)26-18-12-13-18/h3-5,8-9,18-19,21-23,27-28H,1-2,6-7,10-17H2,(H,26,30)/t19-,21-,22-,23+/m1/s1. The molecule has 2 fully saturated rings. The lowest BCUT2D eigenvalue weighted by atomic mass is 9.85. The van der Waals surface area contributed by atoms with Gasteiger partial charge in [-0.15, -0.1) is 0 Å². The van der Waals surface area contributed by atoms with Crippen molar-refractivity contribution in [3.63, 3.8) is 0 Å². The molecule has 6 heteroatoms. The van der Waals surface area contributed by atoms with Crippen molar-refractivity contribution in [2.45, 2.75) is 88.9 Å². The maximum Gasteiger partial charge on any atom is 0.220 e. The predicted octanol–water partition coefficient (Wildman–Crippen LogP) is 3.39. The summed E-state index contributed by atoms with van der Waals surface area (Å²) >= 11 is 0. The quantitative estimate of drug-likeness (QED) is 0.393. The van der Waals surface area contributed by atoms with Crippen LogP contribution < -0.4 is 10.1 Å². The molecule has 1 amide bonds. The molecule has 6 nitrogen and oxygen atoms in total. The molecular weight excluding hydrogens is 394 g/mol. The van der Waals surface area contributed by atoms with Gasteiger partial charge in [0.2, 0.25) is 5.91 Å². The summed E-state index contributed by atoms with van der Waals surface area (Å²) in [5, 5.41) is 23.6. The molecule has 0 saturated heterocycles. The topological polar surface area (TPSA) is 95.9 Å². The van der Waals surface area contributed by atoms with Crippen molar-refractivity contribution >= 4 is 11.7 Å². The second-order valence-electron chi connectivity index (χ2n) is 9.16. The van der Waals surface area contributed by atoms with Gasteiger partial charge in [-0.3, -0.25) is 9.59 Å². The molecule has 3 N–H and O–H groups in total. The highest BCUT2D eigenvalue weighted by atomic mass is 16.5. The van der Waals surface area contributed by atoms with E-state index in [9.17, 15) is 19.8 Å². The number of aliphatic hydroxyl groups is 2. The van der Waals surface area contributed by atoms with Crippen molar-refractivity contribution in [2.75, 3.05) is 6.61 Å². The van der Waals surface area contributed by atoms with Crippen LogP contribution >= 0.6 is 0 Å². The number of ketones is 1. The third-order valence-corrected chi connectivity index (χ3v) is 6.47. The van der Waals surface area contributed by atoms with Crippen molar-refractivity contribution in [3.05, 3.63) is 30.3 Å². The fraction of sp³-hybridized carbons (Fsp3) is 0.680. The molecule has 0 radical (unpaired) electrons.